The second-order valence-corrected chi connectivity index (χ2v) is 5.90. The number of nitrogens with zero attached hydrogens (tertiary/aromatic N) is 5. The summed E-state index contributed by atoms with van der Waals surface area (Å²) in [6.07, 6.45) is 4.08. The van der Waals surface area contributed by atoms with Crippen LogP contribution in [-0.2, 0) is 26.1 Å². The molecular formula is C15H24N6. The lowest BCUT2D eigenvalue weighted by Crippen LogP contribution is -2.30. The highest BCUT2D eigenvalue weighted by Gasteiger charge is 2.19. The summed E-state index contributed by atoms with van der Waals surface area (Å²) in [4.78, 5) is 0. The highest BCUT2D eigenvalue weighted by atomic mass is 15.3. The first kappa shape index (κ1) is 14.3. The van der Waals surface area contributed by atoms with Gasteiger partial charge in [0.05, 0.1) is 5.69 Å². The van der Waals surface area contributed by atoms with Gasteiger partial charge in [-0.2, -0.15) is 5.10 Å². The van der Waals surface area contributed by atoms with Gasteiger partial charge in [0.2, 0.25) is 0 Å². The van der Waals surface area contributed by atoms with Crippen molar-refractivity contribution in [3.8, 4) is 0 Å². The van der Waals surface area contributed by atoms with E-state index in [0.29, 0.717) is 5.92 Å². The SMILES string of the molecule is CCn1nc(C)c(CNC[C@@H]2CCc3nncn3C2)c1C. The molecule has 2 aromatic heterocycles. The van der Waals surface area contributed by atoms with Crippen LogP contribution in [-0.4, -0.2) is 31.1 Å². The molecule has 21 heavy (non-hydrogen) atoms. The zero-order valence-electron chi connectivity index (χ0n) is 13.1. The van der Waals surface area contributed by atoms with Crippen molar-refractivity contribution in [3.05, 3.63) is 29.1 Å². The Balaban J connectivity index is 1.54. The van der Waals surface area contributed by atoms with Crippen LogP contribution in [0.25, 0.3) is 0 Å². The van der Waals surface area contributed by atoms with Crippen molar-refractivity contribution in [2.45, 2.75) is 53.2 Å². The van der Waals surface area contributed by atoms with Crippen LogP contribution in [0.2, 0.25) is 0 Å². The normalized spacial score (nSPS) is 18.0. The molecule has 0 saturated carbocycles. The number of nitrogens with one attached hydrogen (secondary N) is 1. The third kappa shape index (κ3) is 2.85. The number of rotatable bonds is 5. The fourth-order valence-electron chi connectivity index (χ4n) is 3.19. The van der Waals surface area contributed by atoms with Crippen LogP contribution in [0.4, 0.5) is 0 Å². The molecule has 114 valence electrons. The average Bonchev–Trinajstić information content (AvgIpc) is 3.05. The van der Waals surface area contributed by atoms with Crippen LogP contribution >= 0.6 is 0 Å². The molecule has 0 radical (unpaired) electrons. The fourth-order valence-corrected chi connectivity index (χ4v) is 3.19. The van der Waals surface area contributed by atoms with Crippen LogP contribution in [0.1, 0.15) is 36.1 Å². The van der Waals surface area contributed by atoms with Gasteiger partial charge in [-0.15, -0.1) is 10.2 Å². The lowest BCUT2D eigenvalue weighted by Gasteiger charge is -2.23. The topological polar surface area (TPSA) is 60.6 Å². The number of hydrogen-bond acceptors (Lipinski definition) is 4. The van der Waals surface area contributed by atoms with Gasteiger partial charge in [0.1, 0.15) is 12.2 Å². The van der Waals surface area contributed by atoms with Gasteiger partial charge in [-0.1, -0.05) is 0 Å². The van der Waals surface area contributed by atoms with E-state index in [1.807, 2.05) is 6.33 Å². The molecule has 0 aliphatic carbocycles. The number of fused-ring (bicyclic) bond motifs is 1. The van der Waals surface area contributed by atoms with Crippen molar-refractivity contribution in [1.82, 2.24) is 29.9 Å². The van der Waals surface area contributed by atoms with Gasteiger partial charge in [0.15, 0.2) is 0 Å². The predicted molar refractivity (Wildman–Crippen MR) is 80.9 cm³/mol. The van der Waals surface area contributed by atoms with Gasteiger partial charge in [-0.25, -0.2) is 0 Å². The quantitative estimate of drug-likeness (QED) is 0.905. The summed E-state index contributed by atoms with van der Waals surface area (Å²) in [6.45, 7) is 10.3. The van der Waals surface area contributed by atoms with E-state index in [1.54, 1.807) is 0 Å². The van der Waals surface area contributed by atoms with Gasteiger partial charge < -0.3 is 9.88 Å². The monoisotopic (exact) mass is 288 g/mol. The van der Waals surface area contributed by atoms with E-state index in [1.165, 1.54) is 17.7 Å². The van der Waals surface area contributed by atoms with E-state index >= 15 is 0 Å². The Bertz CT molecular complexity index is 612. The van der Waals surface area contributed by atoms with Crippen molar-refractivity contribution >= 4 is 0 Å². The first-order chi connectivity index (χ1) is 10.2. The Morgan fingerprint density at radius 3 is 3.00 bits per heavy atom. The summed E-state index contributed by atoms with van der Waals surface area (Å²) < 4.78 is 4.26. The largest absolute Gasteiger partial charge is 0.317 e. The van der Waals surface area contributed by atoms with E-state index in [9.17, 15) is 0 Å². The molecule has 1 aliphatic heterocycles. The zero-order valence-corrected chi connectivity index (χ0v) is 13.1. The van der Waals surface area contributed by atoms with Gasteiger partial charge in [-0.05, 0) is 39.7 Å². The van der Waals surface area contributed by atoms with Crippen LogP contribution in [0.5, 0.6) is 0 Å². The Hall–Kier alpha value is -1.69. The van der Waals surface area contributed by atoms with E-state index in [2.05, 4.69) is 50.6 Å². The maximum Gasteiger partial charge on any atom is 0.132 e. The highest BCUT2D eigenvalue weighted by Crippen LogP contribution is 2.18. The first-order valence-corrected chi connectivity index (χ1v) is 7.79. The maximum atomic E-state index is 4.57. The standard InChI is InChI=1S/C15H24N6/c1-4-21-12(3)14(11(2)19-21)8-16-7-13-5-6-15-18-17-10-20(15)9-13/h10,13,16H,4-9H2,1-3H3/t13-/m0/s1. The fraction of sp³-hybridized carbons (Fsp3) is 0.667. The first-order valence-electron chi connectivity index (χ1n) is 7.79. The van der Waals surface area contributed by atoms with Crippen LogP contribution < -0.4 is 5.32 Å². The Morgan fingerprint density at radius 2 is 2.24 bits per heavy atom. The third-order valence-electron chi connectivity index (χ3n) is 4.49. The average molecular weight is 288 g/mol. The van der Waals surface area contributed by atoms with E-state index in [-0.39, 0.29) is 0 Å². The van der Waals surface area contributed by atoms with Crippen LogP contribution in [0, 0.1) is 19.8 Å². The predicted octanol–water partition coefficient (Wildman–Crippen LogP) is 1.46. The van der Waals surface area contributed by atoms with Crippen molar-refractivity contribution in [2.75, 3.05) is 6.54 Å². The summed E-state index contributed by atoms with van der Waals surface area (Å²) in [5, 5.41) is 16.3. The Morgan fingerprint density at radius 1 is 1.38 bits per heavy atom. The summed E-state index contributed by atoms with van der Waals surface area (Å²) in [5.74, 6) is 1.79. The minimum absolute atomic E-state index is 0.662. The molecule has 0 fully saturated rings. The second kappa shape index (κ2) is 5.97. The van der Waals surface area contributed by atoms with Crippen molar-refractivity contribution in [3.63, 3.8) is 0 Å². The van der Waals surface area contributed by atoms with Gasteiger partial charge in [0, 0.05) is 37.3 Å². The van der Waals surface area contributed by atoms with E-state index in [0.717, 1.165) is 44.1 Å². The molecule has 3 rings (SSSR count). The minimum Gasteiger partial charge on any atom is -0.317 e. The summed E-state index contributed by atoms with van der Waals surface area (Å²) in [7, 11) is 0. The molecular weight excluding hydrogens is 264 g/mol. The summed E-state index contributed by atoms with van der Waals surface area (Å²) in [5.41, 5.74) is 3.77. The summed E-state index contributed by atoms with van der Waals surface area (Å²) in [6, 6.07) is 0. The van der Waals surface area contributed by atoms with E-state index in [4.69, 9.17) is 0 Å². The zero-order chi connectivity index (χ0) is 14.8. The molecule has 6 nitrogen and oxygen atoms in total. The minimum atomic E-state index is 0.662. The lowest BCUT2D eigenvalue weighted by molar-refractivity contribution is 0.347. The molecule has 0 bridgehead atoms. The van der Waals surface area contributed by atoms with Crippen molar-refractivity contribution in [1.29, 1.82) is 0 Å². The second-order valence-electron chi connectivity index (χ2n) is 5.90. The Labute approximate surface area is 125 Å². The van der Waals surface area contributed by atoms with Crippen LogP contribution in [0.15, 0.2) is 6.33 Å². The van der Waals surface area contributed by atoms with Gasteiger partial charge >= 0.3 is 0 Å². The van der Waals surface area contributed by atoms with E-state index < -0.39 is 0 Å². The number of hydrogen-bond donors (Lipinski definition) is 1. The number of aromatic nitrogens is 5. The molecule has 1 atom stereocenters. The smallest absolute Gasteiger partial charge is 0.132 e. The molecule has 0 spiro atoms. The lowest BCUT2D eigenvalue weighted by atomic mass is 9.99. The van der Waals surface area contributed by atoms with Gasteiger partial charge in [0.25, 0.3) is 0 Å². The van der Waals surface area contributed by atoms with Crippen molar-refractivity contribution in [2.24, 2.45) is 5.92 Å². The maximum absolute atomic E-state index is 4.57. The summed E-state index contributed by atoms with van der Waals surface area (Å²) >= 11 is 0. The molecule has 0 saturated heterocycles. The van der Waals surface area contributed by atoms with Crippen molar-refractivity contribution < 1.29 is 0 Å². The molecule has 2 aromatic rings. The molecule has 0 amide bonds. The third-order valence-corrected chi connectivity index (χ3v) is 4.49. The molecule has 0 aromatic carbocycles. The van der Waals surface area contributed by atoms with Gasteiger partial charge in [-0.3, -0.25) is 4.68 Å². The highest BCUT2D eigenvalue weighted by molar-refractivity contribution is 5.24. The molecule has 3 heterocycles. The van der Waals surface area contributed by atoms with Crippen LogP contribution in [0.3, 0.4) is 0 Å². The number of aryl methyl sites for hydroxylation is 3. The Kier molecular flexibility index (Phi) is 4.05. The molecule has 6 heteroatoms. The molecule has 1 N–H and O–H groups in total. The molecule has 0 unspecified atom stereocenters. The molecule has 1 aliphatic rings.